The third-order valence-corrected chi connectivity index (χ3v) is 7.52. The van der Waals surface area contributed by atoms with Crippen molar-refractivity contribution in [1.29, 1.82) is 0 Å². The second-order valence-corrected chi connectivity index (χ2v) is 10.1. The van der Waals surface area contributed by atoms with Crippen LogP contribution in [0.3, 0.4) is 0 Å². The van der Waals surface area contributed by atoms with Gasteiger partial charge in [-0.25, -0.2) is 0 Å². The minimum atomic E-state index is -0.369. The van der Waals surface area contributed by atoms with Crippen LogP contribution in [0.2, 0.25) is 0 Å². The van der Waals surface area contributed by atoms with E-state index in [1.54, 1.807) is 0 Å². The molecule has 2 heterocycles. The van der Waals surface area contributed by atoms with Crippen molar-refractivity contribution < 1.29 is 19.2 Å². The standard InChI is InChI=1S/C32H28N2O3/c1-32(2)25-14-8-10-16-27(25)34(17-18-37-21-11-5-4-6-12-21)28(32)19-23-30(35)29(31(23)36)24-20-33(3)26-15-9-7-13-22(24)26/h4-16,19-20H,17-18H2,1-3H3. The van der Waals surface area contributed by atoms with E-state index in [-0.39, 0.29) is 28.1 Å². The summed E-state index contributed by atoms with van der Waals surface area (Å²) in [4.78, 5) is 13.4. The van der Waals surface area contributed by atoms with Gasteiger partial charge in [-0.15, -0.1) is 0 Å². The van der Waals surface area contributed by atoms with Crippen LogP contribution in [0.25, 0.3) is 16.5 Å². The Labute approximate surface area is 216 Å². The minimum absolute atomic E-state index is 0.193. The van der Waals surface area contributed by atoms with Crippen molar-refractivity contribution in [2.75, 3.05) is 13.2 Å². The fourth-order valence-electron chi connectivity index (χ4n) is 5.58. The number of ketones is 1. The Morgan fingerprint density at radius 2 is 1.68 bits per heavy atom. The Balaban J connectivity index is 1.40. The maximum absolute atomic E-state index is 13.4. The number of nitrogens with zero attached hydrogens (tertiary/aromatic N) is 2. The molecule has 5 nitrogen and oxygen atoms in total. The third kappa shape index (κ3) is 3.61. The van der Waals surface area contributed by atoms with E-state index in [4.69, 9.17) is 4.74 Å². The molecular formula is C32H28N2O3. The number of aryl methyl sites for hydroxylation is 1. The molecular weight excluding hydrogens is 460 g/mol. The molecule has 0 atom stereocenters. The molecule has 6 rings (SSSR count). The molecule has 2 aliphatic rings. The molecule has 0 bridgehead atoms. The van der Waals surface area contributed by atoms with E-state index < -0.39 is 0 Å². The molecule has 0 N–H and O–H groups in total. The number of hydrogen-bond donors (Lipinski definition) is 0. The van der Waals surface area contributed by atoms with Crippen LogP contribution in [-0.4, -0.2) is 33.8 Å². The Bertz CT molecular complexity index is 1650. The van der Waals surface area contributed by atoms with Crippen LogP contribution in [0, 0.1) is 0 Å². The van der Waals surface area contributed by atoms with Crippen LogP contribution >= 0.6 is 0 Å². The number of Topliss-reactive ketones (excluding diaryl/α,β-unsaturated/α-hetero) is 1. The molecule has 0 saturated heterocycles. The van der Waals surface area contributed by atoms with Gasteiger partial charge in [-0.3, -0.25) is 4.79 Å². The molecule has 0 spiro atoms. The highest BCUT2D eigenvalue weighted by molar-refractivity contribution is 6.41. The van der Waals surface area contributed by atoms with E-state index in [0.29, 0.717) is 18.7 Å². The molecule has 37 heavy (non-hydrogen) atoms. The fourth-order valence-corrected chi connectivity index (χ4v) is 5.58. The number of carbonyl (C=O) groups excluding carboxylic acids is 1. The number of para-hydroxylation sites is 3. The summed E-state index contributed by atoms with van der Waals surface area (Å²) in [5.41, 5.74) is 5.02. The van der Waals surface area contributed by atoms with E-state index in [1.165, 1.54) is 5.56 Å². The average molecular weight is 489 g/mol. The smallest absolute Gasteiger partial charge is 0.209 e. The molecule has 184 valence electrons. The predicted octanol–water partition coefficient (Wildman–Crippen LogP) is 4.91. The summed E-state index contributed by atoms with van der Waals surface area (Å²) in [6, 6.07) is 25.8. The quantitative estimate of drug-likeness (QED) is 0.286. The van der Waals surface area contributed by atoms with E-state index in [9.17, 15) is 9.90 Å². The van der Waals surface area contributed by atoms with Gasteiger partial charge in [0, 0.05) is 58.6 Å². The summed E-state index contributed by atoms with van der Waals surface area (Å²) in [5, 5.41) is 14.3. The highest BCUT2D eigenvalue weighted by Gasteiger charge is 2.45. The van der Waals surface area contributed by atoms with Crippen molar-refractivity contribution in [3.05, 3.63) is 114 Å². The number of allylic oxidation sites excluding steroid dienone is 3. The zero-order chi connectivity index (χ0) is 25.7. The average Bonchev–Trinajstić information content (AvgIpc) is 3.34. The Hall–Kier alpha value is -4.38. The van der Waals surface area contributed by atoms with Crippen molar-refractivity contribution in [3.63, 3.8) is 0 Å². The second-order valence-electron chi connectivity index (χ2n) is 10.1. The third-order valence-electron chi connectivity index (χ3n) is 7.52. The largest absolute Gasteiger partial charge is 0.871 e. The molecule has 0 radical (unpaired) electrons. The van der Waals surface area contributed by atoms with Gasteiger partial charge in [0.15, 0.2) is 18.0 Å². The van der Waals surface area contributed by atoms with Gasteiger partial charge < -0.3 is 14.4 Å². The molecule has 1 aromatic heterocycles. The van der Waals surface area contributed by atoms with E-state index in [1.807, 2.05) is 90.6 Å². The minimum Gasteiger partial charge on any atom is -0.871 e. The van der Waals surface area contributed by atoms with Crippen molar-refractivity contribution in [3.8, 4) is 5.75 Å². The number of benzene rings is 3. The topological polar surface area (TPSA) is 57.3 Å². The first-order valence-corrected chi connectivity index (χ1v) is 12.5. The van der Waals surface area contributed by atoms with Crippen LogP contribution in [0.15, 0.2) is 102 Å². The summed E-state index contributed by atoms with van der Waals surface area (Å²) in [6.07, 6.45) is 3.68. The first-order valence-electron chi connectivity index (χ1n) is 12.5. The molecule has 0 amide bonds. The summed E-state index contributed by atoms with van der Waals surface area (Å²) >= 11 is 0. The maximum Gasteiger partial charge on any atom is 0.209 e. The number of fused-ring (bicyclic) bond motifs is 2. The van der Waals surface area contributed by atoms with Crippen LogP contribution in [0.1, 0.15) is 25.0 Å². The number of aromatic nitrogens is 1. The lowest BCUT2D eigenvalue weighted by atomic mass is 9.77. The Morgan fingerprint density at radius 1 is 0.973 bits per heavy atom. The van der Waals surface area contributed by atoms with Crippen molar-refractivity contribution >= 4 is 33.7 Å². The first-order chi connectivity index (χ1) is 17.9. The van der Waals surface area contributed by atoms with Gasteiger partial charge in [-0.05, 0) is 32.0 Å². The molecule has 4 aromatic rings. The number of ether oxygens (including phenoxy) is 1. The molecule has 1 aliphatic carbocycles. The van der Waals surface area contributed by atoms with E-state index >= 15 is 0 Å². The lowest BCUT2D eigenvalue weighted by Gasteiger charge is -2.30. The summed E-state index contributed by atoms with van der Waals surface area (Å²) < 4.78 is 10.1. The van der Waals surface area contributed by atoms with Crippen molar-refractivity contribution in [2.24, 2.45) is 7.05 Å². The molecule has 3 aromatic carbocycles. The first kappa shape index (κ1) is 23.0. The maximum atomic E-state index is 13.4. The zero-order valence-corrected chi connectivity index (χ0v) is 21.2. The molecule has 0 fully saturated rings. The highest BCUT2D eigenvalue weighted by Crippen LogP contribution is 2.43. The predicted molar refractivity (Wildman–Crippen MR) is 144 cm³/mol. The molecule has 0 saturated carbocycles. The van der Waals surface area contributed by atoms with Crippen LogP contribution in [0.5, 0.6) is 5.75 Å². The van der Waals surface area contributed by atoms with Crippen LogP contribution in [0.4, 0.5) is 5.69 Å². The van der Waals surface area contributed by atoms with Crippen molar-refractivity contribution in [2.45, 2.75) is 19.3 Å². The fraction of sp³-hybridized carbons (Fsp3) is 0.188. The van der Waals surface area contributed by atoms with Crippen molar-refractivity contribution in [1.82, 2.24) is 4.57 Å². The second kappa shape index (κ2) is 8.63. The van der Waals surface area contributed by atoms with Gasteiger partial charge in [0.05, 0.1) is 5.41 Å². The summed E-state index contributed by atoms with van der Waals surface area (Å²) in [6.45, 7) is 5.34. The highest BCUT2D eigenvalue weighted by atomic mass is 16.5. The summed E-state index contributed by atoms with van der Waals surface area (Å²) in [7, 11) is 1.93. The number of hydrogen-bond acceptors (Lipinski definition) is 3. The lowest BCUT2D eigenvalue weighted by Crippen LogP contribution is -2.34. The van der Waals surface area contributed by atoms with Gasteiger partial charge in [0.2, 0.25) is 5.69 Å². The molecule has 1 aliphatic heterocycles. The Kier molecular flexibility index (Phi) is 5.37. The Morgan fingerprint density at radius 3 is 2.46 bits per heavy atom. The van der Waals surface area contributed by atoms with Gasteiger partial charge in [0.1, 0.15) is 12.4 Å². The van der Waals surface area contributed by atoms with E-state index in [0.717, 1.165) is 28.1 Å². The molecule has 5 heteroatoms. The zero-order valence-electron chi connectivity index (χ0n) is 21.2. The normalized spacial score (nSPS) is 17.5. The number of rotatable bonds is 6. The monoisotopic (exact) mass is 488 g/mol. The summed E-state index contributed by atoms with van der Waals surface area (Å²) in [5.74, 6) is 0.426. The van der Waals surface area contributed by atoms with Gasteiger partial charge in [-0.2, -0.15) is 4.58 Å². The number of carbonyl (C=O) groups is 1. The van der Waals surface area contributed by atoms with Gasteiger partial charge >= 0.3 is 0 Å². The van der Waals surface area contributed by atoms with Crippen LogP contribution < -0.4 is 9.84 Å². The molecule has 0 unspecified atom stereocenters. The van der Waals surface area contributed by atoms with Gasteiger partial charge in [-0.1, -0.05) is 60.4 Å². The van der Waals surface area contributed by atoms with Gasteiger partial charge in [0.25, 0.3) is 0 Å². The van der Waals surface area contributed by atoms with E-state index in [2.05, 4.69) is 30.6 Å². The lowest BCUT2D eigenvalue weighted by molar-refractivity contribution is -0.439. The SMILES string of the molecule is Cn1cc(C2=C([O-])/C(=C\C3=[N+](CCOc4ccccc4)c4ccccc4C3(C)C)C2=O)c2ccccc21. The van der Waals surface area contributed by atoms with Crippen LogP contribution in [-0.2, 0) is 17.3 Å².